The summed E-state index contributed by atoms with van der Waals surface area (Å²) in [6, 6.07) is 0. The van der Waals surface area contributed by atoms with Gasteiger partial charge in [0.25, 0.3) is 0 Å². The third-order valence-corrected chi connectivity index (χ3v) is 11.9. The van der Waals surface area contributed by atoms with Crippen LogP contribution in [0.2, 0.25) is 19.6 Å². The monoisotopic (exact) mass is 252 g/mol. The van der Waals surface area contributed by atoms with Crippen LogP contribution in [0.1, 0.15) is 19.8 Å². The van der Waals surface area contributed by atoms with Gasteiger partial charge in [0, 0.05) is 13.2 Å². The maximum Gasteiger partial charge on any atom is 0.479 e. The summed E-state index contributed by atoms with van der Waals surface area (Å²) >= 11 is 0. The van der Waals surface area contributed by atoms with Crippen molar-refractivity contribution in [1.82, 2.24) is 0 Å². The molecule has 0 aromatic heterocycles. The summed E-state index contributed by atoms with van der Waals surface area (Å²) in [5, 5.41) is 0. The summed E-state index contributed by atoms with van der Waals surface area (Å²) in [5.74, 6) is 0. The molecule has 0 amide bonds. The molecule has 0 spiro atoms. The van der Waals surface area contributed by atoms with E-state index in [0.717, 1.165) is 19.4 Å². The Hall–Kier alpha value is 0.491. The van der Waals surface area contributed by atoms with Crippen LogP contribution < -0.4 is 0 Å². The average Bonchev–Trinajstić information content (AvgIpc) is 2.01. The van der Waals surface area contributed by atoms with Crippen LogP contribution in [0.25, 0.3) is 0 Å². The van der Waals surface area contributed by atoms with Gasteiger partial charge in [0.05, 0.1) is 0 Å². The molecular weight excluding hydrogens is 232 g/mol. The fraction of sp³-hybridized carbons (Fsp3) is 1.00. The standard InChI is InChI=1S/C7H20O4Si3/c1-5-6-7-8-14(4)10-12(2)9-13(3)11-14/h12-13H,5-7H2,1-4H3. The van der Waals surface area contributed by atoms with Crippen molar-refractivity contribution in [2.75, 3.05) is 6.61 Å². The summed E-state index contributed by atoms with van der Waals surface area (Å²) in [7, 11) is -5.21. The Morgan fingerprint density at radius 3 is 2.29 bits per heavy atom. The van der Waals surface area contributed by atoms with Gasteiger partial charge in [0.15, 0.2) is 0 Å². The van der Waals surface area contributed by atoms with E-state index in [-0.39, 0.29) is 0 Å². The normalized spacial score (nSPS) is 38.6. The highest BCUT2D eigenvalue weighted by Gasteiger charge is 2.43. The fourth-order valence-corrected chi connectivity index (χ4v) is 11.6. The van der Waals surface area contributed by atoms with Gasteiger partial charge >= 0.3 is 27.4 Å². The summed E-state index contributed by atoms with van der Waals surface area (Å²) in [4.78, 5) is 0. The first-order valence-corrected chi connectivity index (χ1v) is 11.6. The molecule has 0 radical (unpaired) electrons. The quantitative estimate of drug-likeness (QED) is 0.555. The molecule has 0 saturated carbocycles. The molecule has 0 aromatic carbocycles. The topological polar surface area (TPSA) is 36.9 Å². The molecule has 7 heteroatoms. The first-order valence-electron chi connectivity index (χ1n) is 5.21. The molecular formula is C7H20O4Si3. The second kappa shape index (κ2) is 5.54. The summed E-state index contributed by atoms with van der Waals surface area (Å²) in [6.45, 7) is 8.97. The van der Waals surface area contributed by atoms with E-state index in [1.807, 2.05) is 19.6 Å². The van der Waals surface area contributed by atoms with E-state index < -0.39 is 27.4 Å². The van der Waals surface area contributed by atoms with E-state index in [1.165, 1.54) is 0 Å². The van der Waals surface area contributed by atoms with Gasteiger partial charge in [0.2, 0.25) is 0 Å². The van der Waals surface area contributed by atoms with Gasteiger partial charge in [-0.2, -0.15) is 0 Å². The lowest BCUT2D eigenvalue weighted by molar-refractivity contribution is 0.131. The van der Waals surface area contributed by atoms with Crippen LogP contribution in [-0.4, -0.2) is 34.0 Å². The molecule has 1 heterocycles. The van der Waals surface area contributed by atoms with Crippen LogP contribution in [0, 0.1) is 0 Å². The lowest BCUT2D eigenvalue weighted by Gasteiger charge is -2.37. The zero-order valence-corrected chi connectivity index (χ0v) is 12.7. The zero-order valence-electron chi connectivity index (χ0n) is 9.41. The van der Waals surface area contributed by atoms with E-state index in [4.69, 9.17) is 16.8 Å². The SMILES string of the molecule is CCCCO[Si]1(C)O[SiH](C)O[SiH](C)O1. The van der Waals surface area contributed by atoms with Crippen LogP contribution in [0.4, 0.5) is 0 Å². The Morgan fingerprint density at radius 1 is 1.21 bits per heavy atom. The van der Waals surface area contributed by atoms with Gasteiger partial charge < -0.3 is 16.8 Å². The minimum absolute atomic E-state index is 0.751. The van der Waals surface area contributed by atoms with Crippen LogP contribution in [-0.2, 0) is 16.8 Å². The molecule has 14 heavy (non-hydrogen) atoms. The molecule has 1 rings (SSSR count). The van der Waals surface area contributed by atoms with Crippen molar-refractivity contribution >= 4 is 27.4 Å². The highest BCUT2D eigenvalue weighted by atomic mass is 28.5. The Bertz CT molecular complexity index is 170. The van der Waals surface area contributed by atoms with Crippen LogP contribution in [0.15, 0.2) is 0 Å². The largest absolute Gasteiger partial charge is 0.479 e. The third-order valence-electron chi connectivity index (χ3n) is 2.01. The summed E-state index contributed by atoms with van der Waals surface area (Å²) in [6.07, 6.45) is 2.21. The van der Waals surface area contributed by atoms with E-state index in [1.54, 1.807) is 0 Å². The number of unbranched alkanes of at least 4 members (excludes halogenated alkanes) is 1. The molecule has 0 N–H and O–H groups in total. The van der Waals surface area contributed by atoms with Gasteiger partial charge in [-0.1, -0.05) is 13.3 Å². The molecule has 4 nitrogen and oxygen atoms in total. The van der Waals surface area contributed by atoms with Crippen molar-refractivity contribution in [3.05, 3.63) is 0 Å². The van der Waals surface area contributed by atoms with Crippen LogP contribution in [0.3, 0.4) is 0 Å². The van der Waals surface area contributed by atoms with Crippen molar-refractivity contribution in [2.24, 2.45) is 0 Å². The molecule has 0 aromatic rings. The molecule has 1 saturated heterocycles. The Kier molecular flexibility index (Phi) is 4.97. The van der Waals surface area contributed by atoms with Gasteiger partial charge in [-0.25, -0.2) is 0 Å². The number of hydrogen-bond acceptors (Lipinski definition) is 4. The van der Waals surface area contributed by atoms with Crippen molar-refractivity contribution in [3.63, 3.8) is 0 Å². The predicted octanol–water partition coefficient (Wildman–Crippen LogP) is 1.14. The molecule has 1 aliphatic heterocycles. The highest BCUT2D eigenvalue weighted by molar-refractivity contribution is 6.78. The Morgan fingerprint density at radius 2 is 1.79 bits per heavy atom. The first kappa shape index (κ1) is 12.6. The summed E-state index contributed by atoms with van der Waals surface area (Å²) in [5.41, 5.74) is 0. The van der Waals surface area contributed by atoms with Crippen molar-refractivity contribution in [2.45, 2.75) is 39.4 Å². The predicted molar refractivity (Wildman–Crippen MR) is 61.8 cm³/mol. The van der Waals surface area contributed by atoms with Gasteiger partial charge in [-0.3, -0.25) is 0 Å². The molecule has 1 aliphatic rings. The lowest BCUT2D eigenvalue weighted by atomic mass is 10.4. The van der Waals surface area contributed by atoms with Gasteiger partial charge in [0.1, 0.15) is 0 Å². The molecule has 0 aliphatic carbocycles. The minimum atomic E-state index is -2.30. The first-order chi connectivity index (χ1) is 6.56. The smallest absolute Gasteiger partial charge is 0.420 e. The molecule has 2 atom stereocenters. The minimum Gasteiger partial charge on any atom is -0.420 e. The molecule has 1 fully saturated rings. The van der Waals surface area contributed by atoms with E-state index in [0.29, 0.717) is 0 Å². The summed E-state index contributed by atoms with van der Waals surface area (Å²) < 4.78 is 22.8. The Labute approximate surface area is 90.6 Å². The number of rotatable bonds is 4. The molecule has 2 unspecified atom stereocenters. The van der Waals surface area contributed by atoms with Crippen LogP contribution in [0.5, 0.6) is 0 Å². The maximum atomic E-state index is 5.74. The van der Waals surface area contributed by atoms with E-state index in [2.05, 4.69) is 6.92 Å². The van der Waals surface area contributed by atoms with Gasteiger partial charge in [-0.05, 0) is 19.5 Å². The van der Waals surface area contributed by atoms with Gasteiger partial charge in [-0.15, -0.1) is 0 Å². The Balaban J connectivity index is 2.38. The van der Waals surface area contributed by atoms with E-state index >= 15 is 0 Å². The van der Waals surface area contributed by atoms with Crippen molar-refractivity contribution < 1.29 is 16.8 Å². The van der Waals surface area contributed by atoms with Crippen molar-refractivity contribution in [3.8, 4) is 0 Å². The average molecular weight is 252 g/mol. The lowest BCUT2D eigenvalue weighted by Crippen LogP contribution is -2.56. The van der Waals surface area contributed by atoms with E-state index in [9.17, 15) is 0 Å². The van der Waals surface area contributed by atoms with Crippen molar-refractivity contribution in [1.29, 1.82) is 0 Å². The number of hydrogen-bond donors (Lipinski definition) is 0. The fourth-order valence-electron chi connectivity index (χ4n) is 1.43. The third kappa shape index (κ3) is 3.93. The maximum absolute atomic E-state index is 5.74. The van der Waals surface area contributed by atoms with Crippen LogP contribution >= 0.6 is 0 Å². The second-order valence-corrected chi connectivity index (χ2v) is 10.8. The second-order valence-electron chi connectivity index (χ2n) is 3.57. The zero-order chi connectivity index (χ0) is 10.6. The molecule has 0 bridgehead atoms. The highest BCUT2D eigenvalue weighted by Crippen LogP contribution is 2.19. The molecule has 84 valence electrons.